The Morgan fingerprint density at radius 1 is 1.03 bits per heavy atom. The van der Waals surface area contributed by atoms with Gasteiger partial charge in [0.25, 0.3) is 0 Å². The van der Waals surface area contributed by atoms with Crippen LogP contribution in [0.15, 0.2) is 60.2 Å². The number of aromatic carboxylic acids is 1. The average molecular weight is 442 g/mol. The van der Waals surface area contributed by atoms with Crippen molar-refractivity contribution in [2.45, 2.75) is 31.2 Å². The predicted molar refractivity (Wildman–Crippen MR) is 123 cm³/mol. The van der Waals surface area contributed by atoms with Crippen LogP contribution in [0.25, 0.3) is 6.08 Å². The predicted octanol–water partition coefficient (Wildman–Crippen LogP) is 5.70. The van der Waals surface area contributed by atoms with E-state index < -0.39 is 5.97 Å². The number of carboxylic acid groups (broad SMARTS) is 1. The Balaban J connectivity index is 1.38. The molecule has 6 heteroatoms. The number of carbonyl (C=O) groups excluding carboxylic acids is 2. The van der Waals surface area contributed by atoms with Crippen LogP contribution in [0.4, 0.5) is 11.4 Å². The number of ketones is 2. The number of Topliss-reactive ketones (excluding diaryl/α,β-unsaturated/α-hetero) is 2. The molecule has 2 aliphatic carbocycles. The van der Waals surface area contributed by atoms with Crippen molar-refractivity contribution in [2.75, 3.05) is 4.90 Å². The van der Waals surface area contributed by atoms with E-state index in [-0.39, 0.29) is 32.5 Å². The molecule has 5 nitrogen and oxygen atoms in total. The quantitative estimate of drug-likeness (QED) is 0.417. The van der Waals surface area contributed by atoms with Crippen molar-refractivity contribution >= 4 is 46.3 Å². The van der Waals surface area contributed by atoms with Crippen LogP contribution in [0, 0.1) is 0 Å². The lowest BCUT2D eigenvalue weighted by Crippen LogP contribution is -2.26. The van der Waals surface area contributed by atoms with Crippen molar-refractivity contribution in [3.63, 3.8) is 0 Å². The molecule has 2 atom stereocenters. The molecule has 0 saturated heterocycles. The normalized spacial score (nSPS) is 22.4. The van der Waals surface area contributed by atoms with Crippen molar-refractivity contribution in [1.29, 1.82) is 0 Å². The average Bonchev–Trinajstić information content (AvgIpc) is 3.54. The molecular weight excluding hydrogens is 422 g/mol. The minimum atomic E-state index is -1.12. The second-order valence-electron chi connectivity index (χ2n) is 8.50. The zero-order chi connectivity index (χ0) is 22.0. The number of benzene rings is 2. The summed E-state index contributed by atoms with van der Waals surface area (Å²) in [5.41, 5.74) is 4.80. The molecule has 158 valence electrons. The first-order chi connectivity index (χ1) is 15.5. The third-order valence-corrected chi connectivity index (χ3v) is 7.87. The fourth-order valence-electron chi connectivity index (χ4n) is 5.39. The van der Waals surface area contributed by atoms with Gasteiger partial charge in [0.2, 0.25) is 5.78 Å². The van der Waals surface area contributed by atoms with E-state index >= 15 is 0 Å². The van der Waals surface area contributed by atoms with Crippen molar-refractivity contribution in [1.82, 2.24) is 0 Å². The number of para-hydroxylation sites is 1. The molecule has 3 aliphatic rings. The summed E-state index contributed by atoms with van der Waals surface area (Å²) in [6, 6.07) is 18.3. The zero-order valence-electron chi connectivity index (χ0n) is 17.1. The maximum Gasteiger partial charge on any atom is 0.345 e. The molecule has 1 aromatic heterocycles. The molecule has 2 unspecified atom stereocenters. The molecule has 6 rings (SSSR count). The third kappa shape index (κ3) is 2.72. The minimum absolute atomic E-state index is 0.0153. The molecule has 0 spiro atoms. The Hall–Kier alpha value is -3.51. The fourth-order valence-corrected chi connectivity index (χ4v) is 6.34. The number of nitrogens with zero attached hydrogens (tertiary/aromatic N) is 1. The van der Waals surface area contributed by atoms with Gasteiger partial charge in [-0.25, -0.2) is 4.79 Å². The van der Waals surface area contributed by atoms with Gasteiger partial charge in [-0.15, -0.1) is 11.3 Å². The van der Waals surface area contributed by atoms with Crippen LogP contribution in [0.3, 0.4) is 0 Å². The SMILES string of the molecule is O=C(O)c1cc2c(s1)C(=O)/C(=C/c1ccc3c(c1)C1CCCC1N3c1ccccc1)C2=O. The van der Waals surface area contributed by atoms with Crippen molar-refractivity contribution in [3.05, 3.63) is 86.6 Å². The Labute approximate surface area is 188 Å². The molecule has 2 heterocycles. The van der Waals surface area contributed by atoms with E-state index in [0.29, 0.717) is 12.0 Å². The van der Waals surface area contributed by atoms with Crippen LogP contribution < -0.4 is 4.90 Å². The lowest BCUT2D eigenvalue weighted by atomic mass is 9.95. The van der Waals surface area contributed by atoms with E-state index in [1.54, 1.807) is 6.08 Å². The highest BCUT2D eigenvalue weighted by Crippen LogP contribution is 2.52. The summed E-state index contributed by atoms with van der Waals surface area (Å²) in [5, 5.41) is 9.15. The van der Waals surface area contributed by atoms with Gasteiger partial charge >= 0.3 is 5.97 Å². The fraction of sp³-hybridized carbons (Fsp3) is 0.192. The molecule has 3 aromatic rings. The van der Waals surface area contributed by atoms with Crippen LogP contribution in [-0.2, 0) is 0 Å². The number of fused-ring (bicyclic) bond motifs is 4. The summed E-state index contributed by atoms with van der Waals surface area (Å²) in [7, 11) is 0. The smallest absolute Gasteiger partial charge is 0.345 e. The van der Waals surface area contributed by atoms with Gasteiger partial charge in [0.1, 0.15) is 4.88 Å². The van der Waals surface area contributed by atoms with E-state index in [1.165, 1.54) is 29.4 Å². The van der Waals surface area contributed by atoms with E-state index in [2.05, 4.69) is 41.3 Å². The Bertz CT molecular complexity index is 1300. The second kappa shape index (κ2) is 7.00. The summed E-state index contributed by atoms with van der Waals surface area (Å²) < 4.78 is 0. The van der Waals surface area contributed by atoms with Crippen molar-refractivity contribution < 1.29 is 19.5 Å². The van der Waals surface area contributed by atoms with Crippen LogP contribution >= 0.6 is 11.3 Å². The first-order valence-corrected chi connectivity index (χ1v) is 11.5. The highest BCUT2D eigenvalue weighted by Gasteiger charge is 2.42. The molecule has 1 N–H and O–H groups in total. The number of hydrogen-bond acceptors (Lipinski definition) is 5. The van der Waals surface area contributed by atoms with Gasteiger partial charge in [-0.3, -0.25) is 9.59 Å². The van der Waals surface area contributed by atoms with E-state index in [1.807, 2.05) is 12.1 Å². The number of allylic oxidation sites excluding steroid dienone is 1. The summed E-state index contributed by atoms with van der Waals surface area (Å²) >= 11 is 0.869. The summed E-state index contributed by atoms with van der Waals surface area (Å²) in [5.74, 6) is -1.45. The first-order valence-electron chi connectivity index (χ1n) is 10.7. The lowest BCUT2D eigenvalue weighted by Gasteiger charge is -2.27. The number of carboxylic acids is 1. The van der Waals surface area contributed by atoms with Crippen molar-refractivity contribution in [3.8, 4) is 0 Å². The molecule has 32 heavy (non-hydrogen) atoms. The standard InChI is InChI=1S/C26H19NO4S/c28-23-18(24(29)25-19(23)13-22(32-25)26(30)31)12-14-9-10-21-17(11-14)16-7-4-8-20(16)27(21)15-5-2-1-3-6-15/h1-3,5-6,9-13,16,20H,4,7-8H2,(H,30,31)/b18-12+. The summed E-state index contributed by atoms with van der Waals surface area (Å²) in [4.78, 5) is 39.5. The number of anilines is 2. The van der Waals surface area contributed by atoms with Gasteiger partial charge in [0, 0.05) is 28.9 Å². The number of carbonyl (C=O) groups is 3. The number of thiophene rings is 1. The van der Waals surface area contributed by atoms with Gasteiger partial charge in [-0.2, -0.15) is 0 Å². The monoisotopic (exact) mass is 441 g/mol. The summed E-state index contributed by atoms with van der Waals surface area (Å²) in [6.07, 6.45) is 5.13. The molecule has 1 saturated carbocycles. The minimum Gasteiger partial charge on any atom is -0.477 e. The van der Waals surface area contributed by atoms with Crippen LogP contribution in [0.5, 0.6) is 0 Å². The van der Waals surface area contributed by atoms with Crippen LogP contribution in [-0.4, -0.2) is 28.7 Å². The first kappa shape index (κ1) is 19.2. The van der Waals surface area contributed by atoms with Gasteiger partial charge in [0.15, 0.2) is 5.78 Å². The zero-order valence-corrected chi connectivity index (χ0v) is 17.9. The molecule has 0 amide bonds. The number of hydrogen-bond donors (Lipinski definition) is 1. The maximum atomic E-state index is 12.8. The van der Waals surface area contributed by atoms with Crippen molar-refractivity contribution in [2.24, 2.45) is 0 Å². The van der Waals surface area contributed by atoms with Gasteiger partial charge in [0.05, 0.1) is 10.5 Å². The van der Waals surface area contributed by atoms with Crippen LogP contribution in [0.1, 0.15) is 66.0 Å². The molecule has 1 fully saturated rings. The largest absolute Gasteiger partial charge is 0.477 e. The highest BCUT2D eigenvalue weighted by molar-refractivity contribution is 7.17. The Morgan fingerprint density at radius 2 is 1.84 bits per heavy atom. The highest BCUT2D eigenvalue weighted by atomic mass is 32.1. The van der Waals surface area contributed by atoms with Gasteiger partial charge in [-0.05, 0) is 60.4 Å². The molecule has 1 aliphatic heterocycles. The topological polar surface area (TPSA) is 74.7 Å². The van der Waals surface area contributed by atoms with E-state index in [4.69, 9.17) is 5.11 Å². The number of rotatable bonds is 3. The summed E-state index contributed by atoms with van der Waals surface area (Å²) in [6.45, 7) is 0. The van der Waals surface area contributed by atoms with E-state index in [9.17, 15) is 14.4 Å². The Morgan fingerprint density at radius 3 is 2.59 bits per heavy atom. The lowest BCUT2D eigenvalue weighted by molar-refractivity contribution is 0.0702. The molecule has 0 radical (unpaired) electrons. The van der Waals surface area contributed by atoms with Crippen LogP contribution in [0.2, 0.25) is 0 Å². The van der Waals surface area contributed by atoms with Gasteiger partial charge in [-0.1, -0.05) is 30.7 Å². The molecular formula is C26H19NO4S. The third-order valence-electron chi connectivity index (χ3n) is 6.75. The second-order valence-corrected chi connectivity index (χ2v) is 9.56. The maximum absolute atomic E-state index is 12.8. The molecule has 0 bridgehead atoms. The molecule has 2 aromatic carbocycles. The Kier molecular flexibility index (Phi) is 4.20. The van der Waals surface area contributed by atoms with E-state index in [0.717, 1.165) is 29.7 Å². The van der Waals surface area contributed by atoms with Gasteiger partial charge < -0.3 is 10.0 Å².